The minimum absolute atomic E-state index is 0.193. The minimum atomic E-state index is -0.431. The third-order valence-corrected chi connectivity index (χ3v) is 4.58. The zero-order valence-corrected chi connectivity index (χ0v) is 16.2. The summed E-state index contributed by atoms with van der Waals surface area (Å²) in [5, 5.41) is 3.61. The Labute approximate surface area is 151 Å². The van der Waals surface area contributed by atoms with Gasteiger partial charge in [-0.1, -0.05) is 18.2 Å². The molecule has 5 nitrogen and oxygen atoms in total. The van der Waals surface area contributed by atoms with Crippen LogP contribution in [0.15, 0.2) is 24.3 Å². The Morgan fingerprint density at radius 2 is 1.92 bits per heavy atom. The molecule has 0 spiro atoms. The van der Waals surface area contributed by atoms with E-state index in [9.17, 15) is 4.79 Å². The summed E-state index contributed by atoms with van der Waals surface area (Å²) in [5.41, 5.74) is 0.746. The molecule has 1 aromatic rings. The van der Waals surface area contributed by atoms with Crippen molar-refractivity contribution in [2.45, 2.75) is 52.2 Å². The molecule has 1 aliphatic heterocycles. The Morgan fingerprint density at radius 1 is 1.28 bits per heavy atom. The van der Waals surface area contributed by atoms with Gasteiger partial charge in [0.05, 0.1) is 7.11 Å². The molecule has 0 radical (unpaired) electrons. The van der Waals surface area contributed by atoms with Gasteiger partial charge in [-0.05, 0) is 59.1 Å². The van der Waals surface area contributed by atoms with Crippen LogP contribution in [-0.2, 0) is 4.74 Å². The maximum atomic E-state index is 12.1. The lowest BCUT2D eigenvalue weighted by Crippen LogP contribution is -2.43. The standard InChI is InChI=1S/C20H32N2O3/c1-15(17-8-6-7-9-18(17)24-5)21-14-16-10-12-22(13-11-16)19(23)25-20(2,3)4/h6-9,15-16,21H,10-14H2,1-5H3. The van der Waals surface area contributed by atoms with E-state index in [1.165, 1.54) is 5.56 Å². The molecule has 1 unspecified atom stereocenters. The maximum Gasteiger partial charge on any atom is 0.410 e. The number of amides is 1. The molecule has 0 aliphatic carbocycles. The predicted octanol–water partition coefficient (Wildman–Crippen LogP) is 3.99. The molecule has 25 heavy (non-hydrogen) atoms. The Kier molecular flexibility index (Phi) is 6.71. The molecule has 1 fully saturated rings. The molecule has 1 amide bonds. The number of carbonyl (C=O) groups excluding carboxylic acids is 1. The Balaban J connectivity index is 1.78. The van der Waals surface area contributed by atoms with E-state index in [0.717, 1.165) is 38.2 Å². The number of para-hydroxylation sites is 1. The number of hydrogen-bond acceptors (Lipinski definition) is 4. The molecule has 1 N–H and O–H groups in total. The lowest BCUT2D eigenvalue weighted by atomic mass is 9.96. The number of nitrogens with zero attached hydrogens (tertiary/aromatic N) is 1. The first kappa shape index (κ1) is 19.6. The van der Waals surface area contributed by atoms with E-state index in [4.69, 9.17) is 9.47 Å². The van der Waals surface area contributed by atoms with Gasteiger partial charge in [0, 0.05) is 24.7 Å². The maximum absolute atomic E-state index is 12.1. The van der Waals surface area contributed by atoms with E-state index in [1.54, 1.807) is 7.11 Å². The number of methoxy groups -OCH3 is 1. The molecular formula is C20H32N2O3. The van der Waals surface area contributed by atoms with E-state index in [0.29, 0.717) is 5.92 Å². The summed E-state index contributed by atoms with van der Waals surface area (Å²) in [5.74, 6) is 1.50. The van der Waals surface area contributed by atoms with Gasteiger partial charge in [-0.25, -0.2) is 4.79 Å². The lowest BCUT2D eigenvalue weighted by molar-refractivity contribution is 0.0183. The van der Waals surface area contributed by atoms with Crippen LogP contribution in [0.1, 0.15) is 52.1 Å². The molecule has 1 aliphatic rings. The van der Waals surface area contributed by atoms with Crippen molar-refractivity contribution in [3.63, 3.8) is 0 Å². The second kappa shape index (κ2) is 8.56. The third-order valence-electron chi connectivity index (χ3n) is 4.58. The van der Waals surface area contributed by atoms with Gasteiger partial charge in [0.15, 0.2) is 0 Å². The molecule has 0 bridgehead atoms. The van der Waals surface area contributed by atoms with Crippen molar-refractivity contribution >= 4 is 6.09 Å². The van der Waals surface area contributed by atoms with Crippen LogP contribution in [0.5, 0.6) is 5.75 Å². The van der Waals surface area contributed by atoms with Gasteiger partial charge in [0.25, 0.3) is 0 Å². The highest BCUT2D eigenvalue weighted by molar-refractivity contribution is 5.68. The monoisotopic (exact) mass is 348 g/mol. The smallest absolute Gasteiger partial charge is 0.410 e. The number of benzene rings is 1. The van der Waals surface area contributed by atoms with Crippen LogP contribution >= 0.6 is 0 Å². The van der Waals surface area contributed by atoms with Crippen LogP contribution in [-0.4, -0.2) is 43.3 Å². The number of rotatable bonds is 5. The molecule has 5 heteroatoms. The number of hydrogen-bond donors (Lipinski definition) is 1. The zero-order valence-electron chi connectivity index (χ0n) is 16.2. The third kappa shape index (κ3) is 5.92. The summed E-state index contributed by atoms with van der Waals surface area (Å²) in [6.07, 6.45) is 1.82. The van der Waals surface area contributed by atoms with E-state index in [-0.39, 0.29) is 12.1 Å². The topological polar surface area (TPSA) is 50.8 Å². The largest absolute Gasteiger partial charge is 0.496 e. The number of nitrogens with one attached hydrogen (secondary N) is 1. The lowest BCUT2D eigenvalue weighted by Gasteiger charge is -2.34. The van der Waals surface area contributed by atoms with E-state index in [2.05, 4.69) is 18.3 Å². The summed E-state index contributed by atoms with van der Waals surface area (Å²) < 4.78 is 10.9. The molecule has 1 saturated heterocycles. The molecule has 1 aromatic carbocycles. The van der Waals surface area contributed by atoms with Gasteiger partial charge in [-0.3, -0.25) is 0 Å². The van der Waals surface area contributed by atoms with Crippen molar-refractivity contribution in [2.75, 3.05) is 26.7 Å². The Morgan fingerprint density at radius 3 is 2.52 bits per heavy atom. The van der Waals surface area contributed by atoms with Gasteiger partial charge in [-0.15, -0.1) is 0 Å². The van der Waals surface area contributed by atoms with Gasteiger partial charge in [0.1, 0.15) is 11.4 Å². The molecule has 2 rings (SSSR count). The molecule has 0 aromatic heterocycles. The highest BCUT2D eigenvalue weighted by atomic mass is 16.6. The van der Waals surface area contributed by atoms with Crippen LogP contribution < -0.4 is 10.1 Å². The fourth-order valence-electron chi connectivity index (χ4n) is 3.12. The van der Waals surface area contributed by atoms with Crippen LogP contribution in [0.4, 0.5) is 4.79 Å². The van der Waals surface area contributed by atoms with Crippen LogP contribution in [0.2, 0.25) is 0 Å². The SMILES string of the molecule is COc1ccccc1C(C)NCC1CCN(C(=O)OC(C)(C)C)CC1. The zero-order chi connectivity index (χ0) is 18.4. The first-order chi connectivity index (χ1) is 11.8. The van der Waals surface area contributed by atoms with E-state index >= 15 is 0 Å². The van der Waals surface area contributed by atoms with Gasteiger partial charge in [-0.2, -0.15) is 0 Å². The predicted molar refractivity (Wildman–Crippen MR) is 99.9 cm³/mol. The van der Waals surface area contributed by atoms with E-state index in [1.807, 2.05) is 43.9 Å². The van der Waals surface area contributed by atoms with Crippen molar-refractivity contribution in [3.8, 4) is 5.75 Å². The van der Waals surface area contributed by atoms with Gasteiger partial charge in [0.2, 0.25) is 0 Å². The fraction of sp³-hybridized carbons (Fsp3) is 0.650. The highest BCUT2D eigenvalue weighted by Gasteiger charge is 2.27. The summed E-state index contributed by atoms with van der Waals surface area (Å²) in [6.45, 7) is 10.4. The van der Waals surface area contributed by atoms with Crippen molar-refractivity contribution in [2.24, 2.45) is 5.92 Å². The van der Waals surface area contributed by atoms with Crippen LogP contribution in [0, 0.1) is 5.92 Å². The number of likely N-dealkylation sites (tertiary alicyclic amines) is 1. The average Bonchev–Trinajstić information content (AvgIpc) is 2.58. The Bertz CT molecular complexity index is 560. The summed E-state index contributed by atoms with van der Waals surface area (Å²) >= 11 is 0. The highest BCUT2D eigenvalue weighted by Crippen LogP contribution is 2.25. The minimum Gasteiger partial charge on any atom is -0.496 e. The van der Waals surface area contributed by atoms with Gasteiger partial charge < -0.3 is 19.7 Å². The number of carbonyl (C=O) groups is 1. The van der Waals surface area contributed by atoms with E-state index < -0.39 is 5.60 Å². The van der Waals surface area contributed by atoms with Crippen molar-refractivity contribution in [1.29, 1.82) is 0 Å². The van der Waals surface area contributed by atoms with Crippen molar-refractivity contribution in [3.05, 3.63) is 29.8 Å². The fourth-order valence-corrected chi connectivity index (χ4v) is 3.12. The Hall–Kier alpha value is -1.75. The summed E-state index contributed by atoms with van der Waals surface area (Å²) in [6, 6.07) is 8.35. The molecular weight excluding hydrogens is 316 g/mol. The average molecular weight is 348 g/mol. The van der Waals surface area contributed by atoms with Gasteiger partial charge >= 0.3 is 6.09 Å². The second-order valence-corrected chi connectivity index (χ2v) is 7.78. The molecule has 1 heterocycles. The summed E-state index contributed by atoms with van der Waals surface area (Å²) in [4.78, 5) is 13.9. The van der Waals surface area contributed by atoms with Crippen molar-refractivity contribution < 1.29 is 14.3 Å². The second-order valence-electron chi connectivity index (χ2n) is 7.78. The molecule has 140 valence electrons. The normalized spacial score (nSPS) is 17.2. The molecule has 0 saturated carbocycles. The van der Waals surface area contributed by atoms with Crippen LogP contribution in [0.3, 0.4) is 0 Å². The summed E-state index contributed by atoms with van der Waals surface area (Å²) in [7, 11) is 1.71. The van der Waals surface area contributed by atoms with Crippen LogP contribution in [0.25, 0.3) is 0 Å². The first-order valence-corrected chi connectivity index (χ1v) is 9.14. The first-order valence-electron chi connectivity index (χ1n) is 9.14. The number of piperidine rings is 1. The number of ether oxygens (including phenoxy) is 2. The quantitative estimate of drug-likeness (QED) is 0.874. The molecule has 1 atom stereocenters. The van der Waals surface area contributed by atoms with Crippen molar-refractivity contribution in [1.82, 2.24) is 10.2 Å².